The highest BCUT2D eigenvalue weighted by atomic mass is 16.2. The molecule has 0 spiro atoms. The number of carbonyl (C=O) groups is 2. The highest BCUT2D eigenvalue weighted by Gasteiger charge is 2.27. The van der Waals surface area contributed by atoms with Crippen LogP contribution in [0.15, 0.2) is 0 Å². The maximum absolute atomic E-state index is 11.8. The number of hydrogen-bond acceptors (Lipinski definition) is 2. The Balaban J connectivity index is 2.56. The second-order valence-corrected chi connectivity index (χ2v) is 3.75. The van der Waals surface area contributed by atoms with E-state index in [2.05, 4.69) is 0 Å². The minimum absolute atomic E-state index is 0.0836. The molecule has 1 fully saturated rings. The lowest BCUT2D eigenvalue weighted by atomic mass is 10.0. The summed E-state index contributed by atoms with van der Waals surface area (Å²) in [5, 5.41) is 0. The minimum atomic E-state index is -0.618. The van der Waals surface area contributed by atoms with E-state index in [1.54, 1.807) is 4.90 Å². The molecular weight excluding hydrogens is 180 g/mol. The van der Waals surface area contributed by atoms with E-state index >= 15 is 0 Å². The molecule has 1 aliphatic rings. The lowest BCUT2D eigenvalue weighted by Crippen LogP contribution is -2.43. The van der Waals surface area contributed by atoms with Gasteiger partial charge in [-0.25, -0.2) is 0 Å². The summed E-state index contributed by atoms with van der Waals surface area (Å²) in [4.78, 5) is 24.6. The van der Waals surface area contributed by atoms with Crippen molar-refractivity contribution in [2.24, 2.45) is 11.7 Å². The molecule has 0 aromatic heterocycles. The molecule has 1 unspecified atom stereocenters. The third-order valence-corrected chi connectivity index (χ3v) is 2.72. The zero-order valence-corrected chi connectivity index (χ0v) is 8.66. The Morgan fingerprint density at radius 2 is 1.86 bits per heavy atom. The van der Waals surface area contributed by atoms with E-state index < -0.39 is 11.8 Å². The fraction of sp³-hybridized carbons (Fsp3) is 0.800. The van der Waals surface area contributed by atoms with Crippen molar-refractivity contribution in [2.75, 3.05) is 13.1 Å². The summed E-state index contributed by atoms with van der Waals surface area (Å²) in [5.41, 5.74) is 5.17. The van der Waals surface area contributed by atoms with Crippen molar-refractivity contribution in [2.45, 2.75) is 32.6 Å². The molecule has 0 aromatic rings. The Labute approximate surface area is 84.4 Å². The first-order valence-corrected chi connectivity index (χ1v) is 5.25. The third-order valence-electron chi connectivity index (χ3n) is 2.72. The summed E-state index contributed by atoms with van der Waals surface area (Å²) >= 11 is 0. The fourth-order valence-corrected chi connectivity index (χ4v) is 1.83. The van der Waals surface area contributed by atoms with Crippen LogP contribution in [0.4, 0.5) is 0 Å². The second-order valence-electron chi connectivity index (χ2n) is 3.75. The molecular formula is C10H18N2O2. The van der Waals surface area contributed by atoms with Crippen molar-refractivity contribution in [3.63, 3.8) is 0 Å². The van der Waals surface area contributed by atoms with E-state index in [1.165, 1.54) is 6.42 Å². The molecule has 14 heavy (non-hydrogen) atoms. The van der Waals surface area contributed by atoms with Gasteiger partial charge in [0.1, 0.15) is 5.92 Å². The summed E-state index contributed by atoms with van der Waals surface area (Å²) < 4.78 is 0. The molecule has 4 heteroatoms. The molecule has 1 aliphatic heterocycles. The van der Waals surface area contributed by atoms with Gasteiger partial charge < -0.3 is 10.6 Å². The number of hydrogen-bond donors (Lipinski definition) is 1. The van der Waals surface area contributed by atoms with Crippen LogP contribution in [0, 0.1) is 5.92 Å². The molecule has 0 aliphatic carbocycles. The molecule has 0 aromatic carbocycles. The Morgan fingerprint density at radius 1 is 1.29 bits per heavy atom. The van der Waals surface area contributed by atoms with Gasteiger partial charge in [0.2, 0.25) is 11.8 Å². The first kappa shape index (κ1) is 11.0. The van der Waals surface area contributed by atoms with Gasteiger partial charge in [0, 0.05) is 13.1 Å². The van der Waals surface area contributed by atoms with Crippen LogP contribution in [-0.4, -0.2) is 29.8 Å². The van der Waals surface area contributed by atoms with Crippen LogP contribution < -0.4 is 5.73 Å². The zero-order chi connectivity index (χ0) is 10.6. The first-order valence-electron chi connectivity index (χ1n) is 5.25. The van der Waals surface area contributed by atoms with Gasteiger partial charge in [0.15, 0.2) is 0 Å². The van der Waals surface area contributed by atoms with E-state index in [0.29, 0.717) is 6.42 Å². The SMILES string of the molecule is CCC(C(N)=O)C(=O)N1CCCCC1. The van der Waals surface area contributed by atoms with Crippen LogP contribution in [0.5, 0.6) is 0 Å². The molecule has 0 radical (unpaired) electrons. The fourth-order valence-electron chi connectivity index (χ4n) is 1.83. The number of carbonyl (C=O) groups excluding carboxylic acids is 2. The summed E-state index contributed by atoms with van der Waals surface area (Å²) in [6.45, 7) is 3.38. The van der Waals surface area contributed by atoms with Crippen molar-refractivity contribution in [3.05, 3.63) is 0 Å². The number of piperidine rings is 1. The van der Waals surface area contributed by atoms with E-state index in [9.17, 15) is 9.59 Å². The quantitative estimate of drug-likeness (QED) is 0.671. The van der Waals surface area contributed by atoms with Gasteiger partial charge in [0.25, 0.3) is 0 Å². The van der Waals surface area contributed by atoms with Crippen LogP contribution in [0.1, 0.15) is 32.6 Å². The lowest BCUT2D eigenvalue weighted by molar-refractivity contribution is -0.141. The molecule has 1 rings (SSSR count). The number of nitrogens with two attached hydrogens (primary N) is 1. The van der Waals surface area contributed by atoms with Crippen LogP contribution in [0.25, 0.3) is 0 Å². The number of primary amides is 1. The number of amides is 2. The Hall–Kier alpha value is -1.06. The van der Waals surface area contributed by atoms with E-state index in [-0.39, 0.29) is 5.91 Å². The number of rotatable bonds is 3. The maximum atomic E-state index is 11.8. The Morgan fingerprint density at radius 3 is 2.29 bits per heavy atom. The normalized spacial score (nSPS) is 19.1. The summed E-state index contributed by atoms with van der Waals surface area (Å²) in [7, 11) is 0. The molecule has 1 saturated heterocycles. The molecule has 1 atom stereocenters. The topological polar surface area (TPSA) is 63.4 Å². The first-order chi connectivity index (χ1) is 6.66. The van der Waals surface area contributed by atoms with Crippen LogP contribution >= 0.6 is 0 Å². The van der Waals surface area contributed by atoms with Gasteiger partial charge in [-0.15, -0.1) is 0 Å². The zero-order valence-electron chi connectivity index (χ0n) is 8.66. The van der Waals surface area contributed by atoms with E-state index in [4.69, 9.17) is 5.73 Å². The highest BCUT2D eigenvalue weighted by molar-refractivity contribution is 5.99. The van der Waals surface area contributed by atoms with E-state index in [0.717, 1.165) is 25.9 Å². The second kappa shape index (κ2) is 4.98. The maximum Gasteiger partial charge on any atom is 0.235 e. The Bertz CT molecular complexity index is 222. The molecule has 1 heterocycles. The van der Waals surface area contributed by atoms with Gasteiger partial charge in [-0.2, -0.15) is 0 Å². The molecule has 4 nitrogen and oxygen atoms in total. The Kier molecular flexibility index (Phi) is 3.92. The van der Waals surface area contributed by atoms with Crippen LogP contribution in [0.3, 0.4) is 0 Å². The highest BCUT2D eigenvalue weighted by Crippen LogP contribution is 2.14. The summed E-state index contributed by atoms with van der Waals surface area (Å²) in [6, 6.07) is 0. The van der Waals surface area contributed by atoms with Crippen molar-refractivity contribution < 1.29 is 9.59 Å². The largest absolute Gasteiger partial charge is 0.369 e. The van der Waals surface area contributed by atoms with Crippen molar-refractivity contribution >= 4 is 11.8 Å². The lowest BCUT2D eigenvalue weighted by Gasteiger charge is -2.29. The van der Waals surface area contributed by atoms with Gasteiger partial charge >= 0.3 is 0 Å². The summed E-state index contributed by atoms with van der Waals surface area (Å²) in [5.74, 6) is -1.20. The van der Waals surface area contributed by atoms with Gasteiger partial charge in [-0.1, -0.05) is 6.92 Å². The molecule has 2 N–H and O–H groups in total. The third kappa shape index (κ3) is 2.47. The molecule has 0 bridgehead atoms. The van der Waals surface area contributed by atoms with Crippen LogP contribution in [0.2, 0.25) is 0 Å². The summed E-state index contributed by atoms with van der Waals surface area (Å²) in [6.07, 6.45) is 3.77. The van der Waals surface area contributed by atoms with Gasteiger partial charge in [-0.3, -0.25) is 9.59 Å². The molecule has 2 amide bonds. The number of likely N-dealkylation sites (tertiary alicyclic amines) is 1. The van der Waals surface area contributed by atoms with Crippen molar-refractivity contribution in [3.8, 4) is 0 Å². The van der Waals surface area contributed by atoms with Crippen LogP contribution in [-0.2, 0) is 9.59 Å². The van der Waals surface area contributed by atoms with E-state index in [1.807, 2.05) is 6.92 Å². The van der Waals surface area contributed by atoms with Crippen molar-refractivity contribution in [1.29, 1.82) is 0 Å². The predicted octanol–water partition coefficient (Wildman–Crippen LogP) is 0.510. The average molecular weight is 198 g/mol. The van der Waals surface area contributed by atoms with Crippen molar-refractivity contribution in [1.82, 2.24) is 4.90 Å². The smallest absolute Gasteiger partial charge is 0.235 e. The minimum Gasteiger partial charge on any atom is -0.369 e. The van der Waals surface area contributed by atoms with Gasteiger partial charge in [0.05, 0.1) is 0 Å². The van der Waals surface area contributed by atoms with Gasteiger partial charge in [-0.05, 0) is 25.7 Å². The standard InChI is InChI=1S/C10H18N2O2/c1-2-8(9(11)13)10(14)12-6-4-3-5-7-12/h8H,2-7H2,1H3,(H2,11,13). The number of nitrogens with zero attached hydrogens (tertiary/aromatic N) is 1. The predicted molar refractivity (Wildman–Crippen MR) is 53.4 cm³/mol. The monoisotopic (exact) mass is 198 g/mol. The molecule has 0 saturated carbocycles. The average Bonchev–Trinajstić information content (AvgIpc) is 2.19. The molecule has 80 valence electrons.